The minimum Gasteiger partial charge on any atom is -0.392 e. The van der Waals surface area contributed by atoms with E-state index in [1.807, 2.05) is 12.1 Å². The van der Waals surface area contributed by atoms with Crippen LogP contribution in [0.25, 0.3) is 11.0 Å². The Hall–Kier alpha value is -1.65. The van der Waals surface area contributed by atoms with Gasteiger partial charge in [-0.15, -0.1) is 6.58 Å². The Labute approximate surface area is 138 Å². The quantitative estimate of drug-likeness (QED) is 0.795. The van der Waals surface area contributed by atoms with Crippen molar-refractivity contribution in [1.82, 2.24) is 14.5 Å². The van der Waals surface area contributed by atoms with Gasteiger partial charge >= 0.3 is 0 Å². The Kier molecular flexibility index (Phi) is 5.13. The summed E-state index contributed by atoms with van der Waals surface area (Å²) >= 11 is 0. The Morgan fingerprint density at radius 1 is 1.43 bits per heavy atom. The second-order valence-corrected chi connectivity index (χ2v) is 6.38. The van der Waals surface area contributed by atoms with Gasteiger partial charge in [0.15, 0.2) is 0 Å². The van der Waals surface area contributed by atoms with Crippen LogP contribution in [-0.4, -0.2) is 38.8 Å². The van der Waals surface area contributed by atoms with E-state index in [9.17, 15) is 5.11 Å². The Balaban J connectivity index is 1.83. The first kappa shape index (κ1) is 16.2. The average molecular weight is 313 g/mol. The minimum atomic E-state index is -0.284. The zero-order chi connectivity index (χ0) is 16.2. The molecule has 2 atom stereocenters. The van der Waals surface area contributed by atoms with Crippen LogP contribution in [0.4, 0.5) is 0 Å². The first-order chi connectivity index (χ1) is 11.2. The standard InChI is InChI=1S/C19H27N3O/c1-3-5-9-15(23)14-21-13-8-12-18(21)19-20-16-10-6-7-11-17(16)22(19)4-2/h3,6-7,10-11,15,18,23H,1,4-5,8-9,12-14H2,2H3. The normalized spacial score (nSPS) is 20.2. The van der Waals surface area contributed by atoms with Crippen molar-refractivity contribution in [3.8, 4) is 0 Å². The second kappa shape index (κ2) is 7.28. The summed E-state index contributed by atoms with van der Waals surface area (Å²) in [4.78, 5) is 7.31. The van der Waals surface area contributed by atoms with Crippen molar-refractivity contribution in [2.24, 2.45) is 0 Å². The van der Waals surface area contributed by atoms with E-state index in [2.05, 4.69) is 41.2 Å². The number of β-amino-alcohol motifs (C(OH)–C–C–N with tert-alkyl or cyclic N) is 1. The van der Waals surface area contributed by atoms with Crippen LogP contribution in [0.1, 0.15) is 44.5 Å². The molecule has 0 bridgehead atoms. The van der Waals surface area contributed by atoms with Gasteiger partial charge in [0, 0.05) is 13.1 Å². The number of para-hydroxylation sites is 2. The Morgan fingerprint density at radius 2 is 2.26 bits per heavy atom. The number of benzene rings is 1. The number of aliphatic hydroxyl groups excluding tert-OH is 1. The fourth-order valence-corrected chi connectivity index (χ4v) is 3.69. The lowest BCUT2D eigenvalue weighted by molar-refractivity contribution is 0.0971. The maximum absolute atomic E-state index is 10.3. The molecule has 0 saturated carbocycles. The summed E-state index contributed by atoms with van der Waals surface area (Å²) in [6.45, 7) is 8.61. The Morgan fingerprint density at radius 3 is 3.04 bits per heavy atom. The summed E-state index contributed by atoms with van der Waals surface area (Å²) in [5.41, 5.74) is 2.28. The van der Waals surface area contributed by atoms with Crippen LogP contribution in [-0.2, 0) is 6.54 Å². The molecule has 0 amide bonds. The number of hydrogen-bond donors (Lipinski definition) is 1. The molecule has 2 unspecified atom stereocenters. The molecular weight excluding hydrogens is 286 g/mol. The Bertz CT molecular complexity index is 664. The number of nitrogens with zero attached hydrogens (tertiary/aromatic N) is 3. The summed E-state index contributed by atoms with van der Waals surface area (Å²) in [6, 6.07) is 8.67. The third-order valence-electron chi connectivity index (χ3n) is 4.81. The molecule has 3 rings (SSSR count). The molecule has 1 fully saturated rings. The smallest absolute Gasteiger partial charge is 0.127 e. The highest BCUT2D eigenvalue weighted by Gasteiger charge is 2.31. The van der Waals surface area contributed by atoms with Gasteiger partial charge in [0.25, 0.3) is 0 Å². The molecule has 4 heteroatoms. The molecule has 0 spiro atoms. The van der Waals surface area contributed by atoms with Crippen molar-refractivity contribution in [2.45, 2.75) is 51.3 Å². The second-order valence-electron chi connectivity index (χ2n) is 6.38. The van der Waals surface area contributed by atoms with E-state index in [-0.39, 0.29) is 6.10 Å². The van der Waals surface area contributed by atoms with Crippen LogP contribution >= 0.6 is 0 Å². The fourth-order valence-electron chi connectivity index (χ4n) is 3.69. The van der Waals surface area contributed by atoms with E-state index in [0.29, 0.717) is 6.04 Å². The predicted molar refractivity (Wildman–Crippen MR) is 94.4 cm³/mol. The molecule has 1 aromatic heterocycles. The molecular formula is C19H27N3O. The predicted octanol–water partition coefficient (Wildman–Crippen LogP) is 3.52. The third-order valence-corrected chi connectivity index (χ3v) is 4.81. The molecule has 1 saturated heterocycles. The highest BCUT2D eigenvalue weighted by molar-refractivity contribution is 5.76. The summed E-state index contributed by atoms with van der Waals surface area (Å²) in [5.74, 6) is 1.15. The number of fused-ring (bicyclic) bond motifs is 1. The van der Waals surface area contributed by atoms with Crippen molar-refractivity contribution < 1.29 is 5.11 Å². The number of imidazole rings is 1. The SMILES string of the molecule is C=CCCC(O)CN1CCCC1c1nc2ccccc2n1CC. The molecule has 124 valence electrons. The van der Waals surface area contributed by atoms with E-state index < -0.39 is 0 Å². The van der Waals surface area contributed by atoms with E-state index in [1.54, 1.807) is 0 Å². The van der Waals surface area contributed by atoms with Crippen molar-refractivity contribution in [1.29, 1.82) is 0 Å². The summed E-state index contributed by atoms with van der Waals surface area (Å²) < 4.78 is 2.33. The van der Waals surface area contributed by atoms with Gasteiger partial charge in [-0.2, -0.15) is 0 Å². The van der Waals surface area contributed by atoms with Gasteiger partial charge in [-0.25, -0.2) is 4.98 Å². The molecule has 1 aliphatic rings. The van der Waals surface area contributed by atoms with Crippen molar-refractivity contribution in [3.63, 3.8) is 0 Å². The maximum atomic E-state index is 10.3. The molecule has 1 N–H and O–H groups in total. The molecule has 0 aliphatic carbocycles. The number of aliphatic hydroxyl groups is 1. The highest BCUT2D eigenvalue weighted by Crippen LogP contribution is 2.33. The summed E-state index contributed by atoms with van der Waals surface area (Å²) in [7, 11) is 0. The van der Waals surface area contributed by atoms with Gasteiger partial charge < -0.3 is 9.67 Å². The topological polar surface area (TPSA) is 41.3 Å². The van der Waals surface area contributed by atoms with E-state index in [4.69, 9.17) is 4.98 Å². The van der Waals surface area contributed by atoms with Crippen LogP contribution in [0, 0.1) is 0 Å². The molecule has 4 nitrogen and oxygen atoms in total. The van der Waals surface area contributed by atoms with Gasteiger partial charge in [-0.1, -0.05) is 18.2 Å². The highest BCUT2D eigenvalue weighted by atomic mass is 16.3. The third kappa shape index (κ3) is 3.33. The van der Waals surface area contributed by atoms with Crippen LogP contribution < -0.4 is 0 Å². The van der Waals surface area contributed by atoms with Crippen LogP contribution in [0.15, 0.2) is 36.9 Å². The summed E-state index contributed by atoms with van der Waals surface area (Å²) in [5, 5.41) is 10.3. The largest absolute Gasteiger partial charge is 0.392 e. The molecule has 2 heterocycles. The van der Waals surface area contributed by atoms with Gasteiger partial charge in [0.1, 0.15) is 5.82 Å². The molecule has 1 aliphatic heterocycles. The number of aromatic nitrogens is 2. The molecule has 0 radical (unpaired) electrons. The summed E-state index contributed by atoms with van der Waals surface area (Å²) in [6.07, 6.45) is 5.54. The fraction of sp³-hybridized carbons (Fsp3) is 0.526. The van der Waals surface area contributed by atoms with Crippen molar-refractivity contribution in [3.05, 3.63) is 42.7 Å². The van der Waals surface area contributed by atoms with Crippen molar-refractivity contribution in [2.75, 3.05) is 13.1 Å². The number of hydrogen-bond acceptors (Lipinski definition) is 3. The number of likely N-dealkylation sites (tertiary alicyclic amines) is 1. The van der Waals surface area contributed by atoms with E-state index >= 15 is 0 Å². The van der Waals surface area contributed by atoms with Crippen LogP contribution in [0.3, 0.4) is 0 Å². The minimum absolute atomic E-state index is 0.284. The zero-order valence-electron chi connectivity index (χ0n) is 14.0. The monoisotopic (exact) mass is 313 g/mol. The maximum Gasteiger partial charge on any atom is 0.127 e. The van der Waals surface area contributed by atoms with E-state index in [1.165, 1.54) is 11.9 Å². The molecule has 2 aromatic rings. The lowest BCUT2D eigenvalue weighted by Crippen LogP contribution is -2.33. The molecule has 1 aromatic carbocycles. The van der Waals surface area contributed by atoms with Gasteiger partial charge in [0.05, 0.1) is 23.2 Å². The zero-order valence-corrected chi connectivity index (χ0v) is 14.0. The van der Waals surface area contributed by atoms with Crippen LogP contribution in [0.5, 0.6) is 0 Å². The first-order valence-corrected chi connectivity index (χ1v) is 8.72. The lowest BCUT2D eigenvalue weighted by atomic mass is 10.1. The van der Waals surface area contributed by atoms with Gasteiger partial charge in [-0.3, -0.25) is 4.90 Å². The van der Waals surface area contributed by atoms with Gasteiger partial charge in [0.2, 0.25) is 0 Å². The van der Waals surface area contributed by atoms with Crippen molar-refractivity contribution >= 4 is 11.0 Å². The average Bonchev–Trinajstić information content (AvgIpc) is 3.16. The number of allylic oxidation sites excluding steroid dienone is 1. The van der Waals surface area contributed by atoms with Gasteiger partial charge in [-0.05, 0) is 51.3 Å². The van der Waals surface area contributed by atoms with E-state index in [0.717, 1.165) is 50.2 Å². The number of rotatable bonds is 7. The van der Waals surface area contributed by atoms with Crippen LogP contribution in [0.2, 0.25) is 0 Å². The molecule has 23 heavy (non-hydrogen) atoms. The first-order valence-electron chi connectivity index (χ1n) is 8.72. The lowest BCUT2D eigenvalue weighted by Gasteiger charge is -2.26. The number of aryl methyl sites for hydroxylation is 1.